The van der Waals surface area contributed by atoms with Crippen LogP contribution in [0.5, 0.6) is 5.75 Å². The molecule has 20 heavy (non-hydrogen) atoms. The van der Waals surface area contributed by atoms with Crippen LogP contribution < -0.4 is 0 Å². The van der Waals surface area contributed by atoms with Crippen molar-refractivity contribution >= 4 is 16.2 Å². The second-order valence-electron chi connectivity index (χ2n) is 4.54. The standard InChI is InChI=1S/C15H15NO3S/c1-11-6-8-14(9-7-11)20(18,19)16-10-13-5-3-4-12(2)15(13)17/h3-10,17H,1-2H3/b16-10+. The van der Waals surface area contributed by atoms with Gasteiger partial charge in [0.25, 0.3) is 10.0 Å². The average Bonchev–Trinajstić information content (AvgIpc) is 2.41. The molecule has 0 spiro atoms. The van der Waals surface area contributed by atoms with Crippen molar-refractivity contribution < 1.29 is 13.5 Å². The van der Waals surface area contributed by atoms with Gasteiger partial charge in [0.15, 0.2) is 0 Å². The molecule has 104 valence electrons. The van der Waals surface area contributed by atoms with Gasteiger partial charge in [-0.15, -0.1) is 0 Å². The van der Waals surface area contributed by atoms with Crippen LogP contribution in [0.25, 0.3) is 0 Å². The highest BCUT2D eigenvalue weighted by Crippen LogP contribution is 2.20. The number of aromatic hydroxyl groups is 1. The van der Waals surface area contributed by atoms with Gasteiger partial charge in [-0.2, -0.15) is 12.8 Å². The molecule has 0 aromatic heterocycles. The number of nitrogens with zero attached hydrogens (tertiary/aromatic N) is 1. The van der Waals surface area contributed by atoms with Crippen molar-refractivity contribution in [3.8, 4) is 5.75 Å². The first-order valence-electron chi connectivity index (χ1n) is 6.06. The van der Waals surface area contributed by atoms with E-state index in [0.29, 0.717) is 11.1 Å². The van der Waals surface area contributed by atoms with Gasteiger partial charge in [-0.3, -0.25) is 0 Å². The molecule has 0 heterocycles. The summed E-state index contributed by atoms with van der Waals surface area (Å²) < 4.78 is 27.7. The minimum Gasteiger partial charge on any atom is -0.507 e. The first kappa shape index (κ1) is 14.3. The quantitative estimate of drug-likeness (QED) is 0.883. The highest BCUT2D eigenvalue weighted by Gasteiger charge is 2.11. The van der Waals surface area contributed by atoms with Crippen molar-refractivity contribution in [3.05, 3.63) is 59.2 Å². The SMILES string of the molecule is Cc1ccc(S(=O)(=O)/N=C/c2cccc(C)c2O)cc1. The molecule has 0 bridgehead atoms. The lowest BCUT2D eigenvalue weighted by Gasteiger charge is -2.02. The van der Waals surface area contributed by atoms with Gasteiger partial charge in [-0.05, 0) is 37.6 Å². The molecular weight excluding hydrogens is 274 g/mol. The molecule has 0 fully saturated rings. The third kappa shape index (κ3) is 3.05. The van der Waals surface area contributed by atoms with Gasteiger partial charge in [0, 0.05) is 5.56 Å². The van der Waals surface area contributed by atoms with E-state index in [4.69, 9.17) is 0 Å². The van der Waals surface area contributed by atoms with Crippen LogP contribution in [0.2, 0.25) is 0 Å². The number of rotatable bonds is 3. The number of hydrogen-bond acceptors (Lipinski definition) is 3. The minimum absolute atomic E-state index is 0.0374. The third-order valence-electron chi connectivity index (χ3n) is 2.92. The number of sulfonamides is 1. The summed E-state index contributed by atoms with van der Waals surface area (Å²) in [4.78, 5) is 0.131. The van der Waals surface area contributed by atoms with Crippen LogP contribution in [-0.2, 0) is 10.0 Å². The molecule has 0 radical (unpaired) electrons. The topological polar surface area (TPSA) is 66.7 Å². The fourth-order valence-electron chi connectivity index (χ4n) is 1.68. The molecule has 4 nitrogen and oxygen atoms in total. The van der Waals surface area contributed by atoms with Gasteiger partial charge in [0.1, 0.15) is 5.75 Å². The molecule has 0 unspecified atom stereocenters. The molecule has 0 saturated heterocycles. The Bertz CT molecular complexity index is 747. The van der Waals surface area contributed by atoms with Gasteiger partial charge in [-0.1, -0.05) is 29.8 Å². The second-order valence-corrected chi connectivity index (χ2v) is 6.17. The van der Waals surface area contributed by atoms with Crippen molar-refractivity contribution in [2.45, 2.75) is 18.7 Å². The Kier molecular flexibility index (Phi) is 3.90. The van der Waals surface area contributed by atoms with Gasteiger partial charge in [0.05, 0.1) is 11.1 Å². The largest absolute Gasteiger partial charge is 0.507 e. The van der Waals surface area contributed by atoms with Crippen LogP contribution in [0.15, 0.2) is 51.8 Å². The van der Waals surface area contributed by atoms with E-state index in [9.17, 15) is 13.5 Å². The minimum atomic E-state index is -3.75. The molecule has 0 aliphatic carbocycles. The summed E-state index contributed by atoms with van der Waals surface area (Å²) in [6.45, 7) is 3.62. The fourth-order valence-corrected chi connectivity index (χ4v) is 2.54. The van der Waals surface area contributed by atoms with Crippen molar-refractivity contribution in [1.29, 1.82) is 0 Å². The van der Waals surface area contributed by atoms with E-state index in [1.807, 2.05) is 6.92 Å². The Morgan fingerprint density at radius 2 is 1.70 bits per heavy atom. The third-order valence-corrected chi connectivity index (χ3v) is 4.17. The number of phenolic OH excluding ortho intramolecular Hbond substituents is 1. The Balaban J connectivity index is 2.35. The van der Waals surface area contributed by atoms with E-state index in [-0.39, 0.29) is 10.6 Å². The number of para-hydroxylation sites is 1. The smallest absolute Gasteiger partial charge is 0.282 e. The van der Waals surface area contributed by atoms with E-state index >= 15 is 0 Å². The maximum Gasteiger partial charge on any atom is 0.282 e. The normalized spacial score (nSPS) is 11.9. The number of hydrogen-bond donors (Lipinski definition) is 1. The molecule has 1 N–H and O–H groups in total. The van der Waals surface area contributed by atoms with Crippen LogP contribution in [0.4, 0.5) is 0 Å². The van der Waals surface area contributed by atoms with Crippen molar-refractivity contribution in [3.63, 3.8) is 0 Å². The average molecular weight is 289 g/mol. The van der Waals surface area contributed by atoms with Crippen LogP contribution in [0, 0.1) is 13.8 Å². The number of phenols is 1. The van der Waals surface area contributed by atoms with E-state index in [0.717, 1.165) is 11.8 Å². The lowest BCUT2D eigenvalue weighted by Crippen LogP contribution is -1.98. The van der Waals surface area contributed by atoms with E-state index in [1.165, 1.54) is 12.1 Å². The van der Waals surface area contributed by atoms with E-state index in [1.54, 1.807) is 37.3 Å². The van der Waals surface area contributed by atoms with Crippen LogP contribution >= 0.6 is 0 Å². The van der Waals surface area contributed by atoms with Gasteiger partial charge in [0.2, 0.25) is 0 Å². The first-order valence-corrected chi connectivity index (χ1v) is 7.50. The Labute approximate surface area is 118 Å². The Morgan fingerprint density at radius 1 is 1.05 bits per heavy atom. The molecule has 2 aromatic rings. The molecule has 0 aliphatic rings. The number of benzene rings is 2. The second kappa shape index (κ2) is 5.46. The van der Waals surface area contributed by atoms with Crippen molar-refractivity contribution in [2.75, 3.05) is 0 Å². The molecular formula is C15H15NO3S. The maximum absolute atomic E-state index is 12.0. The summed E-state index contributed by atoms with van der Waals surface area (Å²) in [6.07, 6.45) is 1.16. The molecule has 0 amide bonds. The monoisotopic (exact) mass is 289 g/mol. The summed E-state index contributed by atoms with van der Waals surface area (Å²) in [5.74, 6) is 0.0374. The molecule has 0 atom stereocenters. The van der Waals surface area contributed by atoms with Gasteiger partial charge < -0.3 is 5.11 Å². The molecule has 5 heteroatoms. The zero-order valence-corrected chi connectivity index (χ0v) is 12.1. The lowest BCUT2D eigenvalue weighted by molar-refractivity contribution is 0.470. The maximum atomic E-state index is 12.0. The molecule has 2 rings (SSSR count). The predicted molar refractivity (Wildman–Crippen MR) is 78.8 cm³/mol. The number of aryl methyl sites for hydroxylation is 2. The van der Waals surface area contributed by atoms with E-state index < -0.39 is 10.0 Å². The van der Waals surface area contributed by atoms with Crippen LogP contribution in [0.3, 0.4) is 0 Å². The Hall–Kier alpha value is -2.14. The highest BCUT2D eigenvalue weighted by atomic mass is 32.2. The van der Waals surface area contributed by atoms with E-state index in [2.05, 4.69) is 4.40 Å². The lowest BCUT2D eigenvalue weighted by atomic mass is 10.1. The highest BCUT2D eigenvalue weighted by molar-refractivity contribution is 7.90. The summed E-state index contributed by atoms with van der Waals surface area (Å²) in [7, 11) is -3.75. The summed E-state index contributed by atoms with van der Waals surface area (Å²) in [5.41, 5.74) is 2.02. The van der Waals surface area contributed by atoms with Crippen molar-refractivity contribution in [1.82, 2.24) is 0 Å². The van der Waals surface area contributed by atoms with Gasteiger partial charge in [-0.25, -0.2) is 0 Å². The zero-order chi connectivity index (χ0) is 14.8. The van der Waals surface area contributed by atoms with Gasteiger partial charge >= 0.3 is 0 Å². The predicted octanol–water partition coefficient (Wildman–Crippen LogP) is 2.82. The Morgan fingerprint density at radius 3 is 2.35 bits per heavy atom. The molecule has 0 saturated carbocycles. The first-order chi connectivity index (χ1) is 9.40. The van der Waals surface area contributed by atoms with Crippen molar-refractivity contribution in [2.24, 2.45) is 4.40 Å². The van der Waals surface area contributed by atoms with Crippen LogP contribution in [0.1, 0.15) is 16.7 Å². The fraction of sp³-hybridized carbons (Fsp3) is 0.133. The summed E-state index contributed by atoms with van der Waals surface area (Å²) in [6, 6.07) is 11.5. The summed E-state index contributed by atoms with van der Waals surface area (Å²) in [5, 5.41) is 9.82. The van der Waals surface area contributed by atoms with Crippen LogP contribution in [-0.4, -0.2) is 19.7 Å². The molecule has 0 aliphatic heterocycles. The molecule has 2 aromatic carbocycles. The zero-order valence-electron chi connectivity index (χ0n) is 11.2. The summed E-state index contributed by atoms with van der Waals surface area (Å²) >= 11 is 0.